The molecule has 1 saturated carbocycles. The molecule has 3 fully saturated rings. The molecule has 6 N–H and O–H groups in total. The van der Waals surface area contributed by atoms with E-state index in [4.69, 9.17) is 19.5 Å². The Morgan fingerprint density at radius 1 is 0.973 bits per heavy atom. The Bertz CT molecular complexity index is 2670. The summed E-state index contributed by atoms with van der Waals surface area (Å²) in [6.45, 7) is 17.1. The third-order valence-electron chi connectivity index (χ3n) is 14.1. The topological polar surface area (TPSA) is 229 Å². The van der Waals surface area contributed by atoms with Crippen LogP contribution in [0.25, 0.3) is 10.4 Å². The molecule has 0 bridgehead atoms. The number of ether oxygens (including phenoxy) is 3. The number of nitrogens with zero attached hydrogens (tertiary/aromatic N) is 4. The number of aliphatic hydroxyl groups is 1. The van der Waals surface area contributed by atoms with Crippen LogP contribution < -0.4 is 31.3 Å². The molecule has 0 radical (unpaired) electrons. The van der Waals surface area contributed by atoms with Gasteiger partial charge in [-0.3, -0.25) is 19.2 Å². The van der Waals surface area contributed by atoms with Gasteiger partial charge in [-0.05, 0) is 53.8 Å². The monoisotopic (exact) mass is 1050 g/mol. The SMILES string of the molecule is Cc1ncsc1-c1ccc(C(NC(=O)[C@@H]2C[C@@H](O)CN2C(=O)[C@@H](NC(=O)COCCNCCNc2ccc(C(=O)NC3C(C)(C)C(Oc4ccc(C#N)c(C(F)(F)F)c4)C3(C)C)cn2)C(C)(C)C)C2COC2)cc1. The number of nitrogens with one attached hydrogen (secondary N) is 5. The van der Waals surface area contributed by atoms with E-state index in [-0.39, 0.29) is 49.8 Å². The summed E-state index contributed by atoms with van der Waals surface area (Å²) in [6, 6.07) is 13.4. The van der Waals surface area contributed by atoms with Gasteiger partial charge in [-0.15, -0.1) is 11.3 Å². The Morgan fingerprint density at radius 2 is 1.69 bits per heavy atom. The first kappa shape index (κ1) is 55.6. The zero-order chi connectivity index (χ0) is 53.8. The van der Waals surface area contributed by atoms with Crippen molar-refractivity contribution in [3.63, 3.8) is 0 Å². The van der Waals surface area contributed by atoms with E-state index in [2.05, 4.69) is 36.6 Å². The number of halogens is 3. The van der Waals surface area contributed by atoms with Crippen molar-refractivity contribution in [2.24, 2.45) is 22.2 Å². The van der Waals surface area contributed by atoms with Gasteiger partial charge in [0.25, 0.3) is 5.91 Å². The third-order valence-corrected chi connectivity index (χ3v) is 15.0. The van der Waals surface area contributed by atoms with Crippen molar-refractivity contribution in [1.29, 1.82) is 5.26 Å². The highest BCUT2D eigenvalue weighted by Gasteiger charge is 2.64. The van der Waals surface area contributed by atoms with Crippen molar-refractivity contribution < 1.29 is 51.7 Å². The fourth-order valence-electron chi connectivity index (χ4n) is 10.3. The van der Waals surface area contributed by atoms with Crippen molar-refractivity contribution in [1.82, 2.24) is 36.1 Å². The van der Waals surface area contributed by atoms with Crippen LogP contribution in [0.1, 0.15) is 93.7 Å². The van der Waals surface area contributed by atoms with E-state index in [0.29, 0.717) is 44.2 Å². The lowest BCUT2D eigenvalue weighted by molar-refractivity contribution is -0.164. The number of aryl methyl sites for hydroxylation is 1. The molecule has 2 aromatic heterocycles. The van der Waals surface area contributed by atoms with Gasteiger partial charge in [-0.2, -0.15) is 18.4 Å². The number of carbonyl (C=O) groups is 4. The molecule has 2 aliphatic heterocycles. The second-order valence-corrected chi connectivity index (χ2v) is 22.3. The molecule has 4 aromatic rings. The minimum atomic E-state index is -4.72. The summed E-state index contributed by atoms with van der Waals surface area (Å²) in [5, 5.41) is 35.4. The van der Waals surface area contributed by atoms with Gasteiger partial charge in [-0.1, -0.05) is 72.7 Å². The maximum absolute atomic E-state index is 14.2. The number of benzene rings is 2. The first-order valence-corrected chi connectivity index (χ1v) is 25.5. The summed E-state index contributed by atoms with van der Waals surface area (Å²) in [5.74, 6) is -1.19. The molecule has 1 aliphatic carbocycles. The highest BCUT2D eigenvalue weighted by molar-refractivity contribution is 7.13. The lowest BCUT2D eigenvalue weighted by Crippen LogP contribution is -2.74. The minimum absolute atomic E-state index is 0.0178. The van der Waals surface area contributed by atoms with Crippen molar-refractivity contribution in [3.05, 3.63) is 94.3 Å². The number of carbonyl (C=O) groups excluding carboxylic acids is 4. The van der Waals surface area contributed by atoms with Gasteiger partial charge in [0.15, 0.2) is 0 Å². The van der Waals surface area contributed by atoms with Gasteiger partial charge < -0.3 is 50.8 Å². The number of nitriles is 1. The van der Waals surface area contributed by atoms with E-state index in [9.17, 15) is 37.5 Å². The van der Waals surface area contributed by atoms with Crippen LogP contribution in [0.4, 0.5) is 19.0 Å². The molecule has 21 heteroatoms. The molecule has 4 amide bonds. The molecule has 2 aromatic carbocycles. The minimum Gasteiger partial charge on any atom is -0.489 e. The number of hydrogen-bond acceptors (Lipinski definition) is 14. The molecule has 4 atom stereocenters. The highest BCUT2D eigenvalue weighted by atomic mass is 32.1. The standard InChI is InChI=1S/C53H66F3N9O8S/c1-30-43(74-29-61-30)32-11-9-31(10-12-32)42(35-26-72-27-35)63-46(69)39-21-36(66)25-65(39)47(70)44(50(2,3)4)62-41(67)28-71-20-19-58-17-18-59-40-16-14-34(24-60-40)45(68)64-48-51(5,6)49(52(48,7)8)73-37-15-13-33(23-57)38(22-37)53(54,55)56/h9-16,22,24,29,35-36,39,42,44,48-49,58,66H,17-21,25-28H2,1-8H3,(H,59,60)(H,62,67)(H,63,69)(H,64,68)/t36-,39+,42?,44-,48?,49?/m1/s1. The second kappa shape index (κ2) is 22.7. The lowest BCUT2D eigenvalue weighted by Gasteiger charge is -2.63. The number of aliphatic hydroxyl groups excluding tert-OH is 1. The summed E-state index contributed by atoms with van der Waals surface area (Å²) in [5.41, 5.74) is 1.35. The van der Waals surface area contributed by atoms with Gasteiger partial charge in [0.2, 0.25) is 17.7 Å². The molecular weight excluding hydrogens is 980 g/mol. The molecule has 4 heterocycles. The van der Waals surface area contributed by atoms with Gasteiger partial charge in [-0.25, -0.2) is 9.97 Å². The van der Waals surface area contributed by atoms with Crippen molar-refractivity contribution in [2.45, 2.75) is 104 Å². The second-order valence-electron chi connectivity index (χ2n) is 21.5. The Hall–Kier alpha value is -6.18. The number of thiazole rings is 1. The first-order chi connectivity index (χ1) is 34.9. The van der Waals surface area contributed by atoms with E-state index in [1.807, 2.05) is 85.2 Å². The average Bonchev–Trinajstić information content (AvgIpc) is 3.95. The van der Waals surface area contributed by atoms with E-state index >= 15 is 0 Å². The van der Waals surface area contributed by atoms with Gasteiger partial charge in [0.1, 0.15) is 36.4 Å². The predicted molar refractivity (Wildman–Crippen MR) is 271 cm³/mol. The van der Waals surface area contributed by atoms with Crippen LogP contribution in [-0.2, 0) is 30.0 Å². The van der Waals surface area contributed by atoms with E-state index < -0.39 is 81.6 Å². The van der Waals surface area contributed by atoms with Crippen LogP contribution in [0.15, 0.2) is 66.3 Å². The maximum Gasteiger partial charge on any atom is 0.417 e. The molecule has 398 valence electrons. The number of amides is 4. The zero-order valence-electron chi connectivity index (χ0n) is 42.9. The smallest absolute Gasteiger partial charge is 0.417 e. The predicted octanol–water partition coefficient (Wildman–Crippen LogP) is 6.03. The largest absolute Gasteiger partial charge is 0.489 e. The molecule has 74 heavy (non-hydrogen) atoms. The molecule has 17 nitrogen and oxygen atoms in total. The summed E-state index contributed by atoms with van der Waals surface area (Å²) in [7, 11) is 0. The van der Waals surface area contributed by atoms with Gasteiger partial charge in [0, 0.05) is 61.6 Å². The molecule has 3 aliphatic rings. The third kappa shape index (κ3) is 12.7. The van der Waals surface area contributed by atoms with Gasteiger partial charge in [0.05, 0.1) is 70.8 Å². The summed E-state index contributed by atoms with van der Waals surface area (Å²) in [6.07, 6.45) is -4.70. The number of rotatable bonds is 20. The Labute approximate surface area is 433 Å². The number of alkyl halides is 3. The summed E-state index contributed by atoms with van der Waals surface area (Å²) >= 11 is 1.56. The molecule has 7 rings (SSSR count). The van der Waals surface area contributed by atoms with Crippen LogP contribution in [-0.4, -0.2) is 127 Å². The quantitative estimate of drug-likeness (QED) is 0.0557. The number of β-amino-alcohol motifs (C(OH)–C–C–N with tert-alkyl or cyclic N) is 1. The van der Waals surface area contributed by atoms with Crippen LogP contribution >= 0.6 is 11.3 Å². The number of likely N-dealkylation sites (tertiary alicyclic amines) is 1. The molecule has 2 saturated heterocycles. The number of hydrogen-bond donors (Lipinski definition) is 6. The Morgan fingerprint density at radius 3 is 2.28 bits per heavy atom. The number of anilines is 1. The fourth-order valence-corrected chi connectivity index (χ4v) is 11.1. The van der Waals surface area contributed by atoms with Gasteiger partial charge >= 0.3 is 6.18 Å². The van der Waals surface area contributed by atoms with Crippen LogP contribution in [0.2, 0.25) is 0 Å². The molecule has 0 spiro atoms. The summed E-state index contributed by atoms with van der Waals surface area (Å²) in [4.78, 5) is 66.0. The number of aromatic nitrogens is 2. The lowest BCUT2D eigenvalue weighted by atomic mass is 9.49. The first-order valence-electron chi connectivity index (χ1n) is 24.6. The van der Waals surface area contributed by atoms with E-state index in [0.717, 1.165) is 33.8 Å². The molecular formula is C53H66F3N9O8S. The highest BCUT2D eigenvalue weighted by Crippen LogP contribution is 2.56. The number of pyridine rings is 1. The normalized spacial score (nSPS) is 21.0. The fraction of sp³-hybridized carbons (Fsp3) is 0.528. The van der Waals surface area contributed by atoms with Crippen LogP contribution in [0, 0.1) is 40.4 Å². The Balaban J connectivity index is 0.820. The average molecular weight is 1050 g/mol. The van der Waals surface area contributed by atoms with Crippen LogP contribution in [0.3, 0.4) is 0 Å². The summed E-state index contributed by atoms with van der Waals surface area (Å²) < 4.78 is 58.0. The molecule has 1 unspecified atom stereocenters. The Kier molecular flexibility index (Phi) is 17.1. The van der Waals surface area contributed by atoms with Crippen molar-refractivity contribution >= 4 is 40.8 Å². The van der Waals surface area contributed by atoms with Crippen molar-refractivity contribution in [2.75, 3.05) is 57.9 Å². The van der Waals surface area contributed by atoms with E-state index in [1.165, 1.54) is 17.2 Å². The zero-order valence-corrected chi connectivity index (χ0v) is 43.7. The van der Waals surface area contributed by atoms with Crippen LogP contribution in [0.5, 0.6) is 5.75 Å². The van der Waals surface area contributed by atoms with Crippen molar-refractivity contribution in [3.8, 4) is 22.3 Å². The maximum atomic E-state index is 14.2. The van der Waals surface area contributed by atoms with E-state index in [1.54, 1.807) is 29.5 Å².